The second-order valence-electron chi connectivity index (χ2n) is 11.8. The molecule has 2 amide bonds. The number of imide groups is 1. The summed E-state index contributed by atoms with van der Waals surface area (Å²) in [5.41, 5.74) is 5.74. The first-order valence-electron chi connectivity index (χ1n) is 15.1. The molecule has 2 aliphatic heterocycles. The second-order valence-corrected chi connectivity index (χ2v) is 11.8. The molecule has 0 aromatic heterocycles. The number of hydrogen-bond donors (Lipinski definition) is 1. The Kier molecular flexibility index (Phi) is 8.73. The number of rotatable bonds is 9. The highest BCUT2D eigenvalue weighted by molar-refractivity contribution is 6.21. The molecule has 0 spiro atoms. The number of hydrogen-bond acceptors (Lipinski definition) is 6. The second kappa shape index (κ2) is 12.8. The third kappa shape index (κ3) is 5.97. The van der Waals surface area contributed by atoms with E-state index in [1.165, 1.54) is 10.5 Å². The quantitative estimate of drug-likeness (QED) is 0.226. The average molecular weight is 591 g/mol. The van der Waals surface area contributed by atoms with Gasteiger partial charge >= 0.3 is 0 Å². The Balaban J connectivity index is 1.22. The van der Waals surface area contributed by atoms with Gasteiger partial charge in [0.2, 0.25) is 0 Å². The van der Waals surface area contributed by atoms with Crippen LogP contribution in [-0.4, -0.2) is 46.4 Å². The maximum absolute atomic E-state index is 12.9. The molecule has 2 heterocycles. The molecule has 5 atom stereocenters. The molecule has 44 heavy (non-hydrogen) atoms. The molecule has 1 N–H and O–H groups in total. The minimum absolute atomic E-state index is 0.00898. The van der Waals surface area contributed by atoms with Gasteiger partial charge in [0.25, 0.3) is 11.8 Å². The predicted octanol–water partition coefficient (Wildman–Crippen LogP) is 6.46. The molecular formula is C37H38N2O5. The number of benzene rings is 4. The van der Waals surface area contributed by atoms with Gasteiger partial charge in [0, 0.05) is 24.1 Å². The monoisotopic (exact) mass is 590 g/mol. The third-order valence-corrected chi connectivity index (χ3v) is 9.01. The summed E-state index contributed by atoms with van der Waals surface area (Å²) in [6.45, 7) is 5.26. The molecule has 1 fully saturated rings. The van der Waals surface area contributed by atoms with Gasteiger partial charge in [-0.3, -0.25) is 19.4 Å². The van der Waals surface area contributed by atoms with Crippen LogP contribution in [0.2, 0.25) is 0 Å². The lowest BCUT2D eigenvalue weighted by molar-refractivity contribution is -0.276. The van der Waals surface area contributed by atoms with Gasteiger partial charge < -0.3 is 14.6 Å². The van der Waals surface area contributed by atoms with Gasteiger partial charge in [-0.25, -0.2) is 0 Å². The fourth-order valence-corrected chi connectivity index (χ4v) is 6.10. The Bertz CT molecular complexity index is 1570. The van der Waals surface area contributed by atoms with E-state index in [4.69, 9.17) is 9.47 Å². The molecule has 7 nitrogen and oxygen atoms in total. The van der Waals surface area contributed by atoms with Gasteiger partial charge in [-0.1, -0.05) is 97.9 Å². The minimum Gasteiger partial charge on any atom is -0.392 e. The summed E-state index contributed by atoms with van der Waals surface area (Å²) in [5.74, 6) is -0.478. The number of carbonyl (C=O) groups is 2. The SMILES string of the molecule is C[C@H]1[C@@H](CN(C)[C@@H](C)c2ccccc2)O[C@@H](c2ccc(CN3C(=O)c4ccccc4C3=O)cc2)O[C@H]1c1ccc(CO)cc1. The molecule has 0 aliphatic carbocycles. The van der Waals surface area contributed by atoms with Gasteiger partial charge in [-0.2, -0.15) is 0 Å². The lowest BCUT2D eigenvalue weighted by Crippen LogP contribution is -2.44. The number of aliphatic hydroxyl groups is 1. The molecule has 4 aromatic carbocycles. The van der Waals surface area contributed by atoms with Crippen LogP contribution in [0.3, 0.4) is 0 Å². The fourth-order valence-electron chi connectivity index (χ4n) is 6.10. The summed E-state index contributed by atoms with van der Waals surface area (Å²) in [7, 11) is 2.12. The number of fused-ring (bicyclic) bond motifs is 1. The third-order valence-electron chi connectivity index (χ3n) is 9.01. The van der Waals surface area contributed by atoms with Crippen LogP contribution in [0.4, 0.5) is 0 Å². The van der Waals surface area contributed by atoms with Crippen molar-refractivity contribution in [3.05, 3.63) is 142 Å². The van der Waals surface area contributed by atoms with E-state index < -0.39 is 6.29 Å². The smallest absolute Gasteiger partial charge is 0.261 e. The molecule has 4 aromatic rings. The van der Waals surface area contributed by atoms with Crippen LogP contribution in [0, 0.1) is 5.92 Å². The van der Waals surface area contributed by atoms with E-state index in [0.29, 0.717) is 17.7 Å². The molecule has 0 radical (unpaired) electrons. The molecule has 1 saturated heterocycles. The highest BCUT2D eigenvalue weighted by atomic mass is 16.7. The van der Waals surface area contributed by atoms with Gasteiger partial charge in [-0.05, 0) is 48.4 Å². The number of amides is 2. The molecule has 6 rings (SSSR count). The van der Waals surface area contributed by atoms with Crippen molar-refractivity contribution >= 4 is 11.8 Å². The zero-order valence-corrected chi connectivity index (χ0v) is 25.3. The van der Waals surface area contributed by atoms with Gasteiger partial charge in [0.05, 0.1) is 36.5 Å². The van der Waals surface area contributed by atoms with Crippen molar-refractivity contribution in [3.8, 4) is 0 Å². The first-order chi connectivity index (χ1) is 21.3. The average Bonchev–Trinajstić information content (AvgIpc) is 3.31. The summed E-state index contributed by atoms with van der Waals surface area (Å²) in [4.78, 5) is 29.4. The van der Waals surface area contributed by atoms with E-state index in [1.54, 1.807) is 24.3 Å². The minimum atomic E-state index is -0.604. The van der Waals surface area contributed by atoms with Crippen molar-refractivity contribution in [2.75, 3.05) is 13.6 Å². The molecule has 2 aliphatic rings. The van der Waals surface area contributed by atoms with E-state index in [1.807, 2.05) is 54.6 Å². The van der Waals surface area contributed by atoms with Crippen LogP contribution in [0.1, 0.15) is 80.8 Å². The highest BCUT2D eigenvalue weighted by Crippen LogP contribution is 2.42. The zero-order valence-electron chi connectivity index (χ0n) is 25.3. The van der Waals surface area contributed by atoms with Crippen molar-refractivity contribution in [3.63, 3.8) is 0 Å². The van der Waals surface area contributed by atoms with E-state index in [-0.39, 0.29) is 49.1 Å². The van der Waals surface area contributed by atoms with Crippen molar-refractivity contribution in [1.29, 1.82) is 0 Å². The molecule has 0 bridgehead atoms. The maximum Gasteiger partial charge on any atom is 0.261 e. The van der Waals surface area contributed by atoms with Crippen LogP contribution >= 0.6 is 0 Å². The van der Waals surface area contributed by atoms with Crippen molar-refractivity contribution in [1.82, 2.24) is 9.80 Å². The Labute approximate surface area is 258 Å². The van der Waals surface area contributed by atoms with Crippen LogP contribution in [0.5, 0.6) is 0 Å². The lowest BCUT2D eigenvalue weighted by atomic mass is 9.89. The maximum atomic E-state index is 12.9. The van der Waals surface area contributed by atoms with Crippen molar-refractivity contribution in [2.24, 2.45) is 5.92 Å². The Morgan fingerprint density at radius 1 is 0.773 bits per heavy atom. The number of nitrogens with zero attached hydrogens (tertiary/aromatic N) is 2. The van der Waals surface area contributed by atoms with Crippen LogP contribution in [-0.2, 0) is 22.6 Å². The normalized spacial score (nSPS) is 22.3. The van der Waals surface area contributed by atoms with Gasteiger partial charge in [0.1, 0.15) is 0 Å². The summed E-state index contributed by atoms with van der Waals surface area (Å²) < 4.78 is 13.3. The van der Waals surface area contributed by atoms with Crippen LogP contribution in [0.15, 0.2) is 103 Å². The van der Waals surface area contributed by atoms with E-state index in [2.05, 4.69) is 50.1 Å². The lowest BCUT2D eigenvalue weighted by Gasteiger charge is -2.43. The Morgan fingerprint density at radius 3 is 1.95 bits per heavy atom. The first kappa shape index (κ1) is 29.9. The number of likely N-dealkylation sites (N-methyl/N-ethyl adjacent to an activating group) is 1. The summed E-state index contributed by atoms with van der Waals surface area (Å²) in [6.07, 6.45) is -0.942. The summed E-state index contributed by atoms with van der Waals surface area (Å²) in [6, 6.07) is 33.2. The predicted molar refractivity (Wildman–Crippen MR) is 168 cm³/mol. The number of carbonyl (C=O) groups excluding carboxylic acids is 2. The standard InChI is InChI=1S/C37H38N2O5/c1-24-33(22-38(3)25(2)28-9-5-4-6-10-28)43-37(44-34(24)29-17-15-27(23-40)16-18-29)30-19-13-26(14-20-30)21-39-35(41)31-11-7-8-12-32(31)36(39)42/h4-20,24-25,33-34,37,40H,21-23H2,1-3H3/t24-,25-,33+,34+,37+/m0/s1. The summed E-state index contributed by atoms with van der Waals surface area (Å²) >= 11 is 0. The van der Waals surface area contributed by atoms with Gasteiger partial charge in [-0.15, -0.1) is 0 Å². The molecular weight excluding hydrogens is 552 g/mol. The Morgan fingerprint density at radius 2 is 1.34 bits per heavy atom. The highest BCUT2D eigenvalue weighted by Gasteiger charge is 2.39. The van der Waals surface area contributed by atoms with E-state index >= 15 is 0 Å². The van der Waals surface area contributed by atoms with Crippen LogP contribution < -0.4 is 0 Å². The molecule has 0 unspecified atom stereocenters. The fraction of sp³-hybridized carbons (Fsp3) is 0.297. The Hall–Kier alpha value is -4.14. The molecule has 226 valence electrons. The van der Waals surface area contributed by atoms with Gasteiger partial charge in [0.15, 0.2) is 6.29 Å². The topological polar surface area (TPSA) is 79.3 Å². The summed E-state index contributed by atoms with van der Waals surface area (Å²) in [5, 5.41) is 9.56. The molecule has 0 saturated carbocycles. The van der Waals surface area contributed by atoms with Crippen LogP contribution in [0.25, 0.3) is 0 Å². The van der Waals surface area contributed by atoms with E-state index in [0.717, 1.165) is 22.3 Å². The largest absolute Gasteiger partial charge is 0.392 e. The molecule has 7 heteroatoms. The zero-order chi connectivity index (χ0) is 30.8. The van der Waals surface area contributed by atoms with E-state index in [9.17, 15) is 14.7 Å². The first-order valence-corrected chi connectivity index (χ1v) is 15.1. The number of aliphatic hydroxyl groups excluding tert-OH is 1. The number of ether oxygens (including phenoxy) is 2. The van der Waals surface area contributed by atoms with Crippen molar-refractivity contribution < 1.29 is 24.2 Å². The van der Waals surface area contributed by atoms with Crippen molar-refractivity contribution in [2.45, 2.75) is 51.5 Å².